The molecule has 0 amide bonds. The number of rotatable bonds is 6. The molecule has 1 heteroatoms. The van der Waals surface area contributed by atoms with Crippen LogP contribution >= 0.6 is 0 Å². The minimum atomic E-state index is 0.176. The fourth-order valence-electron chi connectivity index (χ4n) is 8.13. The molecule has 1 saturated carbocycles. The Bertz CT molecular complexity index is 697. The van der Waals surface area contributed by atoms with Gasteiger partial charge in [0.2, 0.25) is 0 Å². The lowest BCUT2D eigenvalue weighted by atomic mass is 9.44. The fraction of sp³-hybridized carbons (Fsp3) is 0.828. The molecular weight excluding hydrogens is 364 g/mol. The maximum absolute atomic E-state index is 11.8. The van der Waals surface area contributed by atoms with Crippen molar-refractivity contribution in [2.75, 3.05) is 0 Å². The average Bonchev–Trinajstić information content (AvgIpc) is 2.70. The summed E-state index contributed by atoms with van der Waals surface area (Å²) in [6, 6.07) is 0. The molecule has 1 nitrogen and oxygen atoms in total. The average molecular weight is 413 g/mol. The van der Waals surface area contributed by atoms with Crippen molar-refractivity contribution < 1.29 is 4.79 Å². The van der Waals surface area contributed by atoms with Gasteiger partial charge >= 0.3 is 0 Å². The number of aldehydes is 1. The molecule has 0 radical (unpaired) electrons. The maximum Gasteiger partial charge on any atom is 0.123 e. The Labute approximate surface area is 187 Å². The molecule has 4 unspecified atom stereocenters. The Hall–Kier alpha value is -0.850. The summed E-state index contributed by atoms with van der Waals surface area (Å²) in [5, 5.41) is 0. The summed E-state index contributed by atoms with van der Waals surface area (Å²) in [4.78, 5) is 11.8. The summed E-state index contributed by atoms with van der Waals surface area (Å²) >= 11 is 0. The molecular formula is C29H48O. The second-order valence-electron chi connectivity index (χ2n) is 12.3. The van der Waals surface area contributed by atoms with Gasteiger partial charge in [0.05, 0.1) is 0 Å². The highest BCUT2D eigenvalue weighted by Gasteiger charge is 2.56. The Kier molecular flexibility index (Phi) is 6.82. The third kappa shape index (κ3) is 3.88. The molecule has 0 heterocycles. The minimum absolute atomic E-state index is 0.176. The number of hydrogen-bond donors (Lipinski definition) is 0. The topological polar surface area (TPSA) is 17.1 Å². The van der Waals surface area contributed by atoms with Crippen molar-refractivity contribution in [2.45, 2.75) is 107 Å². The van der Waals surface area contributed by atoms with Gasteiger partial charge in [0.25, 0.3) is 0 Å². The molecule has 0 saturated heterocycles. The molecule has 7 atom stereocenters. The number of fused-ring (bicyclic) bond motifs is 1. The highest BCUT2D eigenvalue weighted by atomic mass is 16.1. The lowest BCUT2D eigenvalue weighted by molar-refractivity contribution is -0.127. The van der Waals surface area contributed by atoms with E-state index in [1.807, 2.05) is 0 Å². The molecule has 0 spiro atoms. The lowest BCUT2D eigenvalue weighted by Gasteiger charge is -2.60. The van der Waals surface area contributed by atoms with Crippen LogP contribution in [-0.2, 0) is 4.79 Å². The molecule has 0 aliphatic heterocycles. The van der Waals surface area contributed by atoms with E-state index < -0.39 is 0 Å². The monoisotopic (exact) mass is 412 g/mol. The summed E-state index contributed by atoms with van der Waals surface area (Å²) in [5.74, 6) is 2.76. The summed E-state index contributed by atoms with van der Waals surface area (Å²) in [5.41, 5.74) is 4.29. The van der Waals surface area contributed by atoms with Crippen molar-refractivity contribution in [2.24, 2.45) is 45.8 Å². The van der Waals surface area contributed by atoms with E-state index in [0.717, 1.165) is 5.92 Å². The van der Waals surface area contributed by atoms with E-state index in [1.54, 1.807) is 11.1 Å². The second-order valence-corrected chi connectivity index (χ2v) is 12.3. The molecule has 170 valence electrons. The quantitative estimate of drug-likeness (QED) is 0.400. The van der Waals surface area contributed by atoms with Gasteiger partial charge in [-0.2, -0.15) is 0 Å². The highest BCUT2D eigenvalue weighted by Crippen LogP contribution is 2.64. The van der Waals surface area contributed by atoms with Crippen LogP contribution in [0.15, 0.2) is 23.3 Å². The van der Waals surface area contributed by atoms with Crippen LogP contribution in [0.25, 0.3) is 0 Å². The van der Waals surface area contributed by atoms with E-state index in [2.05, 4.69) is 67.5 Å². The number of hydrogen-bond acceptors (Lipinski definition) is 1. The Morgan fingerprint density at radius 3 is 2.47 bits per heavy atom. The van der Waals surface area contributed by atoms with Crippen molar-refractivity contribution in [1.29, 1.82) is 0 Å². The summed E-state index contributed by atoms with van der Waals surface area (Å²) < 4.78 is 0. The standard InChI is InChI=1S/C29H48O/c1-9-15-28(7)21(4)29(8,17-14-25(28)20(3)19-30)26-12-11-22-13-16-27(5,6)18-24(22)23(26)10-2/h11,18-21,23,25-26H,9-10,12-17H2,1-8H3/t20-,21?,23?,25?,26?,28+,29+/m0/s1. The molecule has 3 rings (SSSR count). The van der Waals surface area contributed by atoms with E-state index in [0.29, 0.717) is 28.6 Å². The first-order chi connectivity index (χ1) is 14.0. The van der Waals surface area contributed by atoms with Gasteiger partial charge in [-0.05, 0) is 96.0 Å². The van der Waals surface area contributed by atoms with Crippen LogP contribution < -0.4 is 0 Å². The predicted molar refractivity (Wildman–Crippen MR) is 129 cm³/mol. The van der Waals surface area contributed by atoms with Crippen LogP contribution in [0, 0.1) is 45.8 Å². The molecule has 0 N–H and O–H groups in total. The SMILES string of the molecule is CCC[C@@]1(C)C([C@@H](C)C=O)CC[C@@](C)(C2CC=C3CCC(C)(C)C=C3C2CC)C1C. The fourth-order valence-corrected chi connectivity index (χ4v) is 8.13. The predicted octanol–water partition coefficient (Wildman–Crippen LogP) is 8.40. The molecule has 0 aromatic carbocycles. The largest absolute Gasteiger partial charge is 0.303 e. The van der Waals surface area contributed by atoms with Gasteiger partial charge in [-0.25, -0.2) is 0 Å². The Balaban J connectivity index is 2.00. The van der Waals surface area contributed by atoms with Crippen LogP contribution in [0.4, 0.5) is 0 Å². The van der Waals surface area contributed by atoms with Crippen LogP contribution in [0.2, 0.25) is 0 Å². The van der Waals surface area contributed by atoms with Crippen molar-refractivity contribution in [3.8, 4) is 0 Å². The third-order valence-corrected chi connectivity index (χ3v) is 10.2. The highest BCUT2D eigenvalue weighted by molar-refractivity contribution is 5.53. The minimum Gasteiger partial charge on any atom is -0.303 e. The first-order valence-corrected chi connectivity index (χ1v) is 12.9. The first kappa shape index (κ1) is 23.8. The smallest absolute Gasteiger partial charge is 0.123 e. The number of carbonyl (C=O) groups is 1. The van der Waals surface area contributed by atoms with E-state index in [4.69, 9.17) is 0 Å². The zero-order chi connectivity index (χ0) is 22.3. The maximum atomic E-state index is 11.8. The number of allylic oxidation sites excluding steroid dienone is 4. The van der Waals surface area contributed by atoms with Crippen LogP contribution in [0.5, 0.6) is 0 Å². The zero-order valence-electron chi connectivity index (χ0n) is 21.2. The van der Waals surface area contributed by atoms with E-state index in [9.17, 15) is 4.79 Å². The Morgan fingerprint density at radius 1 is 1.17 bits per heavy atom. The first-order valence-electron chi connectivity index (χ1n) is 12.9. The second kappa shape index (κ2) is 8.59. The molecule has 0 bridgehead atoms. The molecule has 3 aliphatic rings. The van der Waals surface area contributed by atoms with Gasteiger partial charge in [0.15, 0.2) is 0 Å². The van der Waals surface area contributed by atoms with Crippen LogP contribution in [0.1, 0.15) is 107 Å². The lowest BCUT2D eigenvalue weighted by Crippen LogP contribution is -2.54. The summed E-state index contributed by atoms with van der Waals surface area (Å²) in [6.45, 7) is 19.4. The normalized spacial score (nSPS) is 42.0. The van der Waals surface area contributed by atoms with Gasteiger partial charge in [0.1, 0.15) is 6.29 Å². The molecule has 0 aromatic rings. The zero-order valence-corrected chi connectivity index (χ0v) is 21.2. The summed E-state index contributed by atoms with van der Waals surface area (Å²) in [7, 11) is 0. The van der Waals surface area contributed by atoms with E-state index in [1.165, 1.54) is 57.7 Å². The Morgan fingerprint density at radius 2 is 1.87 bits per heavy atom. The molecule has 30 heavy (non-hydrogen) atoms. The van der Waals surface area contributed by atoms with E-state index >= 15 is 0 Å². The van der Waals surface area contributed by atoms with Gasteiger partial charge in [-0.3, -0.25) is 0 Å². The van der Waals surface area contributed by atoms with Gasteiger partial charge in [0, 0.05) is 5.92 Å². The third-order valence-electron chi connectivity index (χ3n) is 10.2. The van der Waals surface area contributed by atoms with Gasteiger partial charge in [-0.15, -0.1) is 0 Å². The van der Waals surface area contributed by atoms with Crippen molar-refractivity contribution in [3.05, 3.63) is 23.3 Å². The van der Waals surface area contributed by atoms with E-state index in [-0.39, 0.29) is 11.3 Å². The van der Waals surface area contributed by atoms with Crippen LogP contribution in [0.3, 0.4) is 0 Å². The van der Waals surface area contributed by atoms with Crippen molar-refractivity contribution in [1.82, 2.24) is 0 Å². The molecule has 1 fully saturated rings. The van der Waals surface area contributed by atoms with Crippen LogP contribution in [-0.4, -0.2) is 6.29 Å². The molecule has 3 aliphatic carbocycles. The van der Waals surface area contributed by atoms with Crippen molar-refractivity contribution in [3.63, 3.8) is 0 Å². The van der Waals surface area contributed by atoms with Crippen molar-refractivity contribution >= 4 is 6.29 Å². The molecule has 0 aromatic heterocycles. The summed E-state index contributed by atoms with van der Waals surface area (Å²) in [6.07, 6.45) is 16.5. The van der Waals surface area contributed by atoms with Gasteiger partial charge < -0.3 is 4.79 Å². The van der Waals surface area contributed by atoms with Gasteiger partial charge in [-0.1, -0.05) is 74.0 Å². The number of carbonyl (C=O) groups excluding carboxylic acids is 1.